The molecule has 0 saturated heterocycles. The summed E-state index contributed by atoms with van der Waals surface area (Å²) in [6.07, 6.45) is 1.43. The van der Waals surface area contributed by atoms with Gasteiger partial charge in [0, 0.05) is 11.9 Å². The Labute approximate surface area is 139 Å². The number of fused-ring (bicyclic) bond motifs is 1. The Balaban J connectivity index is 0.000000849. The van der Waals surface area contributed by atoms with Crippen LogP contribution in [0, 0.1) is 6.92 Å². The number of carbonyl (C=O) groups excluding carboxylic acids is 1. The first-order valence-corrected chi connectivity index (χ1v) is 7.78. The summed E-state index contributed by atoms with van der Waals surface area (Å²) in [7, 11) is 0. The van der Waals surface area contributed by atoms with Crippen molar-refractivity contribution in [3.63, 3.8) is 0 Å². The molecule has 0 unspecified atom stereocenters. The van der Waals surface area contributed by atoms with Gasteiger partial charge in [0.15, 0.2) is 0 Å². The Bertz CT molecular complexity index is 838. The molecule has 0 aliphatic rings. The molecular formula is C17H21N3O2S. The summed E-state index contributed by atoms with van der Waals surface area (Å²) < 4.78 is 4.12. The number of benzene rings is 1. The summed E-state index contributed by atoms with van der Waals surface area (Å²) in [5.74, 6) is -0.426. The number of aryl methyl sites for hydroxylation is 1. The summed E-state index contributed by atoms with van der Waals surface area (Å²) in [4.78, 5) is 28.1. The summed E-state index contributed by atoms with van der Waals surface area (Å²) in [5.41, 5.74) is 1.08. The second kappa shape index (κ2) is 8.24. The maximum Gasteiger partial charge on any atom is 0.261 e. The number of rotatable bonds is 2. The molecule has 23 heavy (non-hydrogen) atoms. The Hall–Kier alpha value is -2.47. The Morgan fingerprint density at radius 2 is 1.87 bits per heavy atom. The number of nitrogens with zero attached hydrogens (tertiary/aromatic N) is 1. The van der Waals surface area contributed by atoms with Crippen molar-refractivity contribution in [1.82, 2.24) is 9.36 Å². The molecule has 5 nitrogen and oxygen atoms in total. The van der Waals surface area contributed by atoms with Crippen LogP contribution < -0.4 is 10.7 Å². The van der Waals surface area contributed by atoms with Crippen molar-refractivity contribution in [3.8, 4) is 0 Å². The molecule has 1 amide bonds. The fraction of sp³-hybridized carbons (Fsp3) is 0.235. The van der Waals surface area contributed by atoms with Crippen molar-refractivity contribution in [3.05, 3.63) is 58.0 Å². The highest BCUT2D eigenvalue weighted by molar-refractivity contribution is 7.12. The zero-order valence-corrected chi connectivity index (χ0v) is 13.5. The van der Waals surface area contributed by atoms with E-state index in [2.05, 4.69) is 14.7 Å². The number of H-pyrrole nitrogens is 1. The Kier molecular flexibility index (Phi) is 6.65. The number of anilines is 1. The molecule has 2 heterocycles. The average Bonchev–Trinajstić information content (AvgIpc) is 2.92. The number of para-hydroxylation sites is 1. The topological polar surface area (TPSA) is 74.8 Å². The Morgan fingerprint density at radius 3 is 2.52 bits per heavy atom. The fourth-order valence-corrected chi connectivity index (χ4v) is 2.72. The van der Waals surface area contributed by atoms with Gasteiger partial charge in [0.05, 0.1) is 11.1 Å². The molecule has 0 atom stereocenters. The Morgan fingerprint density at radius 1 is 1.22 bits per heavy atom. The molecule has 0 aliphatic carbocycles. The number of nitrogens with one attached hydrogen (secondary N) is 2. The predicted octanol–water partition coefficient (Wildman–Crippen LogP) is 4.21. The number of hydrogen-bond donors (Lipinski definition) is 2. The summed E-state index contributed by atoms with van der Waals surface area (Å²) >= 11 is 1.22. The molecule has 122 valence electrons. The van der Waals surface area contributed by atoms with E-state index in [9.17, 15) is 9.59 Å². The normalized spacial score (nSPS) is 9.52. The lowest BCUT2D eigenvalue weighted by molar-refractivity contribution is 0.102. The molecule has 0 bridgehead atoms. The zero-order valence-electron chi connectivity index (χ0n) is 12.6. The second-order valence-corrected chi connectivity index (χ2v) is 5.10. The van der Waals surface area contributed by atoms with Crippen LogP contribution in [0.25, 0.3) is 10.2 Å². The molecule has 3 aromatic rings. The molecule has 0 spiro atoms. The van der Waals surface area contributed by atoms with Crippen LogP contribution in [0.5, 0.6) is 0 Å². The van der Waals surface area contributed by atoms with Crippen molar-refractivity contribution in [1.29, 1.82) is 0 Å². The van der Waals surface area contributed by atoms with Crippen LogP contribution in [0.1, 0.15) is 37.3 Å². The molecule has 6 heteroatoms. The standard InChI is InChI=1S/C14H11N3O2S.C2H6.CH4/c1-8-11-12(18)10(7-15-14(11)20-17-8)13(19)16-9-5-3-2-4-6-9;1-2;/h2-7H,1H3,(H,15,18)(H,16,19);1-2H3;1H4. The molecule has 3 rings (SSSR count). The van der Waals surface area contributed by atoms with E-state index in [4.69, 9.17) is 0 Å². The summed E-state index contributed by atoms with van der Waals surface area (Å²) in [6, 6.07) is 9.02. The summed E-state index contributed by atoms with van der Waals surface area (Å²) in [5, 5.41) is 3.18. The highest BCUT2D eigenvalue weighted by Gasteiger charge is 2.16. The minimum Gasteiger partial charge on any atom is -0.351 e. The number of pyridine rings is 1. The highest BCUT2D eigenvalue weighted by Crippen LogP contribution is 2.17. The predicted molar refractivity (Wildman–Crippen MR) is 97.5 cm³/mol. The van der Waals surface area contributed by atoms with Gasteiger partial charge >= 0.3 is 0 Å². The van der Waals surface area contributed by atoms with Crippen LogP contribution in [-0.2, 0) is 0 Å². The average molecular weight is 331 g/mol. The molecule has 0 radical (unpaired) electrons. The third kappa shape index (κ3) is 3.84. The first-order valence-electron chi connectivity index (χ1n) is 7.01. The van der Waals surface area contributed by atoms with E-state index in [1.807, 2.05) is 32.0 Å². The lowest BCUT2D eigenvalue weighted by atomic mass is 10.2. The number of aromatic nitrogens is 2. The van der Waals surface area contributed by atoms with E-state index in [0.717, 1.165) is 0 Å². The second-order valence-electron chi connectivity index (χ2n) is 4.32. The minimum absolute atomic E-state index is 0. The SMILES string of the molecule is C.CC.Cc1nsc2[nH]cc(C(=O)Nc3ccccc3)c(=O)c12. The van der Waals surface area contributed by atoms with Gasteiger partial charge in [-0.1, -0.05) is 39.5 Å². The smallest absolute Gasteiger partial charge is 0.261 e. The van der Waals surface area contributed by atoms with Gasteiger partial charge in [-0.15, -0.1) is 0 Å². The van der Waals surface area contributed by atoms with E-state index in [1.165, 1.54) is 17.7 Å². The molecule has 0 aliphatic heterocycles. The van der Waals surface area contributed by atoms with Gasteiger partial charge in [-0.25, -0.2) is 0 Å². The van der Waals surface area contributed by atoms with E-state index in [-0.39, 0.29) is 18.4 Å². The fourth-order valence-electron chi connectivity index (χ4n) is 1.96. The maximum absolute atomic E-state index is 12.3. The van der Waals surface area contributed by atoms with Crippen LogP contribution >= 0.6 is 11.5 Å². The van der Waals surface area contributed by atoms with Crippen LogP contribution in [0.4, 0.5) is 5.69 Å². The molecular weight excluding hydrogens is 310 g/mol. The van der Waals surface area contributed by atoms with E-state index >= 15 is 0 Å². The van der Waals surface area contributed by atoms with Gasteiger partial charge in [-0.3, -0.25) is 9.59 Å². The minimum atomic E-state index is -0.426. The number of hydrogen-bond acceptors (Lipinski definition) is 4. The van der Waals surface area contributed by atoms with E-state index in [1.54, 1.807) is 19.1 Å². The van der Waals surface area contributed by atoms with Crippen molar-refractivity contribution in [2.45, 2.75) is 28.2 Å². The maximum atomic E-state index is 12.3. The molecule has 0 saturated carbocycles. The zero-order chi connectivity index (χ0) is 16.1. The van der Waals surface area contributed by atoms with E-state index < -0.39 is 5.91 Å². The highest BCUT2D eigenvalue weighted by atomic mass is 32.1. The van der Waals surface area contributed by atoms with Gasteiger partial charge in [0.25, 0.3) is 5.91 Å². The molecule has 2 aromatic heterocycles. The van der Waals surface area contributed by atoms with Crippen molar-refractivity contribution in [2.24, 2.45) is 0 Å². The number of carbonyl (C=O) groups is 1. The van der Waals surface area contributed by atoms with Gasteiger partial charge in [0.1, 0.15) is 10.4 Å². The third-order valence-electron chi connectivity index (χ3n) is 2.96. The van der Waals surface area contributed by atoms with Gasteiger partial charge in [-0.2, -0.15) is 4.37 Å². The first-order chi connectivity index (χ1) is 10.7. The quantitative estimate of drug-likeness (QED) is 0.738. The molecule has 1 aromatic carbocycles. The monoisotopic (exact) mass is 331 g/mol. The largest absolute Gasteiger partial charge is 0.351 e. The van der Waals surface area contributed by atoms with Crippen LogP contribution in [0.3, 0.4) is 0 Å². The van der Waals surface area contributed by atoms with E-state index in [0.29, 0.717) is 21.6 Å². The lowest BCUT2D eigenvalue weighted by Gasteiger charge is -2.04. The number of aromatic amines is 1. The molecule has 0 fully saturated rings. The molecule has 2 N–H and O–H groups in total. The van der Waals surface area contributed by atoms with Gasteiger partial charge in [0.2, 0.25) is 5.43 Å². The van der Waals surface area contributed by atoms with Crippen LogP contribution in [0.2, 0.25) is 0 Å². The van der Waals surface area contributed by atoms with Crippen LogP contribution in [-0.4, -0.2) is 15.3 Å². The van der Waals surface area contributed by atoms with Gasteiger partial charge < -0.3 is 10.3 Å². The van der Waals surface area contributed by atoms with Crippen LogP contribution in [0.15, 0.2) is 41.3 Å². The number of amides is 1. The van der Waals surface area contributed by atoms with Gasteiger partial charge in [-0.05, 0) is 30.6 Å². The van der Waals surface area contributed by atoms with Crippen molar-refractivity contribution >= 4 is 33.3 Å². The third-order valence-corrected chi connectivity index (χ3v) is 3.83. The summed E-state index contributed by atoms with van der Waals surface area (Å²) in [6.45, 7) is 5.76. The lowest BCUT2D eigenvalue weighted by Crippen LogP contribution is -2.21. The first kappa shape index (κ1) is 18.6. The van der Waals surface area contributed by atoms with Crippen molar-refractivity contribution in [2.75, 3.05) is 5.32 Å². The van der Waals surface area contributed by atoms with Crippen molar-refractivity contribution < 1.29 is 4.79 Å².